The lowest BCUT2D eigenvalue weighted by molar-refractivity contribution is -0.139. The summed E-state index contributed by atoms with van der Waals surface area (Å²) in [7, 11) is 1.92. The first-order chi connectivity index (χ1) is 9.52. The molecule has 20 heavy (non-hydrogen) atoms. The first-order valence-electron chi connectivity index (χ1n) is 7.19. The van der Waals surface area contributed by atoms with Gasteiger partial charge in [0.1, 0.15) is 0 Å². The second-order valence-corrected chi connectivity index (χ2v) is 6.21. The average molecular weight is 344 g/mol. The Kier molecular flexibility index (Phi) is 5.21. The summed E-state index contributed by atoms with van der Waals surface area (Å²) >= 11 is 3.61. The van der Waals surface area contributed by atoms with Crippen molar-refractivity contribution >= 4 is 21.9 Å². The van der Waals surface area contributed by atoms with E-state index in [0.29, 0.717) is 12.6 Å². The summed E-state index contributed by atoms with van der Waals surface area (Å²) in [5, 5.41) is 13.6. The summed E-state index contributed by atoms with van der Waals surface area (Å²) in [6.45, 7) is 2.81. The second-order valence-electron chi connectivity index (χ2n) is 5.42. The monoisotopic (exact) mass is 343 g/mol. The van der Waals surface area contributed by atoms with E-state index in [1.54, 1.807) is 0 Å². The van der Waals surface area contributed by atoms with Crippen molar-refractivity contribution in [3.8, 4) is 0 Å². The normalized spacial score (nSPS) is 16.2. The number of aryl methyl sites for hydroxylation is 2. The zero-order valence-electron chi connectivity index (χ0n) is 12.1. The Hall–Kier alpha value is -0.880. The third-order valence-electron chi connectivity index (χ3n) is 4.04. The van der Waals surface area contributed by atoms with E-state index in [1.165, 1.54) is 12.8 Å². The van der Waals surface area contributed by atoms with Crippen molar-refractivity contribution in [2.75, 3.05) is 6.54 Å². The molecule has 0 aliphatic heterocycles. The summed E-state index contributed by atoms with van der Waals surface area (Å²) in [6, 6.07) is 0.387. The topological polar surface area (TPSA) is 58.4 Å². The van der Waals surface area contributed by atoms with Crippen LogP contribution in [-0.4, -0.2) is 38.3 Å². The summed E-state index contributed by atoms with van der Waals surface area (Å²) < 4.78 is 2.89. The summed E-state index contributed by atoms with van der Waals surface area (Å²) in [6.07, 6.45) is 5.48. The van der Waals surface area contributed by atoms with Crippen molar-refractivity contribution in [3.63, 3.8) is 0 Å². The van der Waals surface area contributed by atoms with Crippen molar-refractivity contribution in [1.29, 1.82) is 0 Å². The molecule has 1 heterocycles. The lowest BCUT2D eigenvalue weighted by Gasteiger charge is -2.27. The molecule has 0 atom stereocenters. The maximum atomic E-state index is 11.1. The molecule has 2 rings (SSSR count). The number of aliphatic carboxylic acids is 1. The third kappa shape index (κ3) is 3.41. The molecule has 1 saturated carbocycles. The van der Waals surface area contributed by atoms with Gasteiger partial charge in [0.05, 0.1) is 22.4 Å². The minimum Gasteiger partial charge on any atom is -0.480 e. The molecule has 0 radical (unpaired) electrons. The van der Waals surface area contributed by atoms with Crippen LogP contribution < -0.4 is 0 Å². The predicted molar refractivity (Wildman–Crippen MR) is 80.6 cm³/mol. The van der Waals surface area contributed by atoms with Crippen LogP contribution in [0.15, 0.2) is 4.47 Å². The molecule has 1 aromatic heterocycles. The molecular weight excluding hydrogens is 322 g/mol. The molecule has 5 nitrogen and oxygen atoms in total. The van der Waals surface area contributed by atoms with Gasteiger partial charge in [-0.05, 0) is 35.2 Å². The number of nitrogens with zero attached hydrogens (tertiary/aromatic N) is 3. The maximum absolute atomic E-state index is 11.1. The van der Waals surface area contributed by atoms with E-state index >= 15 is 0 Å². The zero-order chi connectivity index (χ0) is 14.7. The Labute approximate surface area is 128 Å². The van der Waals surface area contributed by atoms with Crippen LogP contribution in [0, 0.1) is 0 Å². The average Bonchev–Trinajstić information content (AvgIpc) is 3.00. The molecule has 1 aliphatic carbocycles. The van der Waals surface area contributed by atoms with Crippen molar-refractivity contribution in [3.05, 3.63) is 15.9 Å². The Bertz CT molecular complexity index is 481. The minimum atomic E-state index is -0.758. The molecule has 1 aromatic rings. The van der Waals surface area contributed by atoms with Gasteiger partial charge in [-0.1, -0.05) is 19.8 Å². The van der Waals surface area contributed by atoms with Gasteiger partial charge < -0.3 is 5.11 Å². The van der Waals surface area contributed by atoms with Crippen LogP contribution in [0.1, 0.15) is 44.0 Å². The fraction of sp³-hybridized carbons (Fsp3) is 0.714. The SMILES string of the molecule is CCc1nn(C)c(CN(CC(=O)O)C2CCCC2)c1Br. The molecular formula is C14H22BrN3O2. The quantitative estimate of drug-likeness (QED) is 0.862. The number of halogens is 1. The number of carbonyl (C=O) groups is 1. The molecule has 6 heteroatoms. The van der Waals surface area contributed by atoms with Gasteiger partial charge >= 0.3 is 5.97 Å². The van der Waals surface area contributed by atoms with E-state index in [-0.39, 0.29) is 6.54 Å². The largest absolute Gasteiger partial charge is 0.480 e. The Morgan fingerprint density at radius 3 is 2.65 bits per heavy atom. The van der Waals surface area contributed by atoms with Gasteiger partial charge in [-0.25, -0.2) is 0 Å². The molecule has 0 spiro atoms. The van der Waals surface area contributed by atoms with Crippen molar-refractivity contribution in [1.82, 2.24) is 14.7 Å². The highest BCUT2D eigenvalue weighted by Gasteiger charge is 2.26. The van der Waals surface area contributed by atoms with E-state index in [1.807, 2.05) is 11.7 Å². The van der Waals surface area contributed by atoms with Gasteiger partial charge in [0.25, 0.3) is 0 Å². The molecule has 0 aromatic carbocycles. The number of carboxylic acid groups (broad SMARTS) is 1. The van der Waals surface area contributed by atoms with Crippen LogP contribution in [0.3, 0.4) is 0 Å². The molecule has 112 valence electrons. The highest BCUT2D eigenvalue weighted by Crippen LogP contribution is 2.28. The highest BCUT2D eigenvalue weighted by atomic mass is 79.9. The number of rotatable bonds is 6. The van der Waals surface area contributed by atoms with Crippen LogP contribution >= 0.6 is 15.9 Å². The molecule has 0 unspecified atom stereocenters. The summed E-state index contributed by atoms with van der Waals surface area (Å²) in [4.78, 5) is 13.2. The van der Waals surface area contributed by atoms with Crippen LogP contribution in [0.25, 0.3) is 0 Å². The van der Waals surface area contributed by atoms with Crippen LogP contribution in [-0.2, 0) is 24.8 Å². The van der Waals surface area contributed by atoms with Gasteiger partial charge in [-0.2, -0.15) is 5.10 Å². The molecule has 1 aliphatic rings. The fourth-order valence-corrected chi connectivity index (χ4v) is 3.68. The smallest absolute Gasteiger partial charge is 0.317 e. The predicted octanol–water partition coefficient (Wildman–Crippen LogP) is 2.57. The molecule has 0 saturated heterocycles. The van der Waals surface area contributed by atoms with Crippen molar-refractivity contribution < 1.29 is 9.90 Å². The molecule has 0 amide bonds. The first-order valence-corrected chi connectivity index (χ1v) is 7.98. The maximum Gasteiger partial charge on any atom is 0.317 e. The van der Waals surface area contributed by atoms with Gasteiger partial charge in [0, 0.05) is 19.6 Å². The Balaban J connectivity index is 2.18. The number of aromatic nitrogens is 2. The van der Waals surface area contributed by atoms with Crippen molar-refractivity contribution in [2.45, 2.75) is 51.6 Å². The van der Waals surface area contributed by atoms with E-state index in [0.717, 1.165) is 35.1 Å². The number of hydrogen-bond donors (Lipinski definition) is 1. The van der Waals surface area contributed by atoms with Gasteiger partial charge in [-0.3, -0.25) is 14.4 Å². The van der Waals surface area contributed by atoms with Crippen molar-refractivity contribution in [2.24, 2.45) is 7.05 Å². The molecule has 1 N–H and O–H groups in total. The van der Waals surface area contributed by atoms with Gasteiger partial charge in [-0.15, -0.1) is 0 Å². The molecule has 1 fully saturated rings. The van der Waals surface area contributed by atoms with Gasteiger partial charge in [0.15, 0.2) is 0 Å². The second kappa shape index (κ2) is 6.72. The third-order valence-corrected chi connectivity index (χ3v) is 4.95. The molecule has 0 bridgehead atoms. The standard InChI is InChI=1S/C14H22BrN3O2/c1-3-11-14(15)12(17(2)16-11)8-18(9-13(19)20)10-6-4-5-7-10/h10H,3-9H2,1-2H3,(H,19,20). The summed E-state index contributed by atoms with van der Waals surface area (Å²) in [5.74, 6) is -0.758. The lowest BCUT2D eigenvalue weighted by atomic mass is 10.2. The first kappa shape index (κ1) is 15.5. The number of hydrogen-bond acceptors (Lipinski definition) is 3. The van der Waals surface area contributed by atoms with Crippen LogP contribution in [0.4, 0.5) is 0 Å². The van der Waals surface area contributed by atoms with Crippen LogP contribution in [0.5, 0.6) is 0 Å². The lowest BCUT2D eigenvalue weighted by Crippen LogP contribution is -2.37. The Morgan fingerprint density at radius 1 is 1.50 bits per heavy atom. The fourth-order valence-electron chi connectivity index (χ4n) is 2.94. The van der Waals surface area contributed by atoms with E-state index in [2.05, 4.69) is 32.9 Å². The van der Waals surface area contributed by atoms with E-state index < -0.39 is 5.97 Å². The summed E-state index contributed by atoms with van der Waals surface area (Å²) in [5.41, 5.74) is 2.10. The van der Waals surface area contributed by atoms with Crippen LogP contribution in [0.2, 0.25) is 0 Å². The Morgan fingerprint density at radius 2 is 2.15 bits per heavy atom. The highest BCUT2D eigenvalue weighted by molar-refractivity contribution is 9.10. The van der Waals surface area contributed by atoms with E-state index in [9.17, 15) is 4.79 Å². The van der Waals surface area contributed by atoms with Gasteiger partial charge in [0.2, 0.25) is 0 Å². The zero-order valence-corrected chi connectivity index (χ0v) is 13.7. The van der Waals surface area contributed by atoms with E-state index in [4.69, 9.17) is 5.11 Å². The number of carboxylic acids is 1. The minimum absolute atomic E-state index is 0.101.